The van der Waals surface area contributed by atoms with E-state index in [2.05, 4.69) is 16.0 Å². The average molecular weight is 244 g/mol. The summed E-state index contributed by atoms with van der Waals surface area (Å²) in [6, 6.07) is 9.07. The summed E-state index contributed by atoms with van der Waals surface area (Å²) in [7, 11) is 1.31. The summed E-state index contributed by atoms with van der Waals surface area (Å²) in [5.74, 6) is -0.460. The van der Waals surface area contributed by atoms with Gasteiger partial charge in [0.15, 0.2) is 0 Å². The van der Waals surface area contributed by atoms with E-state index in [1.807, 2.05) is 6.07 Å². The van der Waals surface area contributed by atoms with Gasteiger partial charge in [-0.05, 0) is 19.1 Å². The first-order chi connectivity index (χ1) is 8.59. The van der Waals surface area contributed by atoms with Gasteiger partial charge in [-0.15, -0.1) is 0 Å². The summed E-state index contributed by atoms with van der Waals surface area (Å²) in [5.41, 5.74) is 0.885. The minimum Gasteiger partial charge on any atom is -0.466 e. The smallest absolute Gasteiger partial charge is 0.353 e. The Balaban J connectivity index is 2.23. The highest BCUT2D eigenvalue weighted by Gasteiger charge is 2.43. The highest BCUT2D eigenvalue weighted by molar-refractivity contribution is 6.04. The van der Waals surface area contributed by atoms with Crippen LogP contribution in [-0.4, -0.2) is 24.4 Å². The second-order valence-corrected chi connectivity index (χ2v) is 4.22. The molecule has 0 fully saturated rings. The highest BCUT2D eigenvalue weighted by Crippen LogP contribution is 2.27. The van der Waals surface area contributed by atoms with Gasteiger partial charge in [0.2, 0.25) is 5.60 Å². The lowest BCUT2D eigenvalue weighted by Crippen LogP contribution is -2.36. The number of carbonyl (C=O) groups excluding carboxylic acids is 1. The van der Waals surface area contributed by atoms with E-state index >= 15 is 0 Å². The summed E-state index contributed by atoms with van der Waals surface area (Å²) in [6.45, 7) is 1.63. The molecule has 0 spiro atoms. The van der Waals surface area contributed by atoms with E-state index in [4.69, 9.17) is 10.1 Å². The van der Waals surface area contributed by atoms with Crippen LogP contribution in [0.15, 0.2) is 29.4 Å². The topological polar surface area (TPSA) is 71.7 Å². The molecule has 1 aromatic rings. The van der Waals surface area contributed by atoms with Crippen LogP contribution in [-0.2, 0) is 14.4 Å². The van der Waals surface area contributed by atoms with Crippen LogP contribution in [0.3, 0.4) is 0 Å². The molecule has 0 saturated heterocycles. The molecule has 0 bridgehead atoms. The molecule has 18 heavy (non-hydrogen) atoms. The number of esters is 1. The Labute approximate surface area is 105 Å². The lowest BCUT2D eigenvalue weighted by atomic mass is 9.95. The minimum atomic E-state index is -1.08. The van der Waals surface area contributed by atoms with Crippen LogP contribution in [0.2, 0.25) is 0 Å². The number of hydrogen-bond donors (Lipinski definition) is 0. The molecular weight excluding hydrogens is 232 g/mol. The molecule has 5 nitrogen and oxygen atoms in total. The first-order valence-electron chi connectivity index (χ1n) is 5.43. The largest absolute Gasteiger partial charge is 0.466 e. The van der Waals surface area contributed by atoms with Gasteiger partial charge in [-0.25, -0.2) is 4.79 Å². The highest BCUT2D eigenvalue weighted by atomic mass is 16.7. The van der Waals surface area contributed by atoms with E-state index in [9.17, 15) is 4.79 Å². The molecule has 1 aliphatic rings. The van der Waals surface area contributed by atoms with Gasteiger partial charge in [0.25, 0.3) is 0 Å². The van der Waals surface area contributed by atoms with Gasteiger partial charge in [0.1, 0.15) is 0 Å². The number of methoxy groups -OCH3 is 1. The van der Waals surface area contributed by atoms with Gasteiger partial charge in [0, 0.05) is 12.0 Å². The third kappa shape index (κ3) is 2.05. The molecule has 0 aromatic heterocycles. The average Bonchev–Trinajstić information content (AvgIpc) is 2.82. The predicted molar refractivity (Wildman–Crippen MR) is 63.8 cm³/mol. The summed E-state index contributed by atoms with van der Waals surface area (Å²) in [4.78, 5) is 16.7. The number of benzene rings is 1. The molecule has 0 aliphatic carbocycles. The van der Waals surface area contributed by atoms with Gasteiger partial charge in [0.05, 0.1) is 24.5 Å². The molecule has 1 heterocycles. The first kappa shape index (κ1) is 12.1. The number of oxime groups is 1. The minimum absolute atomic E-state index is 0.328. The zero-order valence-electron chi connectivity index (χ0n) is 10.1. The Bertz CT molecular complexity index is 560. The fourth-order valence-corrected chi connectivity index (χ4v) is 1.79. The van der Waals surface area contributed by atoms with E-state index in [0.717, 1.165) is 5.56 Å². The second kappa shape index (κ2) is 4.49. The van der Waals surface area contributed by atoms with E-state index in [1.165, 1.54) is 7.11 Å². The third-order valence-electron chi connectivity index (χ3n) is 2.80. The SMILES string of the molecule is COC(=O)C1(C)CC(c2cccc(C#N)c2)=NO1. The predicted octanol–water partition coefficient (Wildman–Crippen LogP) is 1.61. The van der Waals surface area contributed by atoms with Crippen molar-refractivity contribution in [2.45, 2.75) is 18.9 Å². The van der Waals surface area contributed by atoms with Crippen LogP contribution in [0.1, 0.15) is 24.5 Å². The Morgan fingerprint density at radius 1 is 1.61 bits per heavy atom. The lowest BCUT2D eigenvalue weighted by Gasteiger charge is -2.17. The first-order valence-corrected chi connectivity index (χ1v) is 5.43. The molecule has 1 unspecified atom stereocenters. The number of hydrogen-bond acceptors (Lipinski definition) is 5. The molecule has 0 saturated carbocycles. The van der Waals surface area contributed by atoms with Crippen LogP contribution in [0.4, 0.5) is 0 Å². The number of nitriles is 1. The van der Waals surface area contributed by atoms with E-state index < -0.39 is 11.6 Å². The maximum Gasteiger partial charge on any atom is 0.353 e. The van der Waals surface area contributed by atoms with Gasteiger partial charge in [-0.1, -0.05) is 17.3 Å². The maximum absolute atomic E-state index is 11.6. The fraction of sp³-hybridized carbons (Fsp3) is 0.308. The standard InChI is InChI=1S/C13H12N2O3/c1-13(12(16)17-2)7-11(15-18-13)10-5-3-4-9(6-10)8-14/h3-6H,7H2,1-2H3. The van der Waals surface area contributed by atoms with Gasteiger partial charge in [-0.3, -0.25) is 0 Å². The van der Waals surface area contributed by atoms with Crippen molar-refractivity contribution < 1.29 is 14.4 Å². The molecule has 1 aromatic carbocycles. The Morgan fingerprint density at radius 2 is 2.39 bits per heavy atom. The molecule has 0 amide bonds. The van der Waals surface area contributed by atoms with Crippen molar-refractivity contribution >= 4 is 11.7 Å². The van der Waals surface area contributed by atoms with Crippen LogP contribution >= 0.6 is 0 Å². The van der Waals surface area contributed by atoms with Crippen molar-refractivity contribution in [3.8, 4) is 6.07 Å². The van der Waals surface area contributed by atoms with Gasteiger partial charge >= 0.3 is 5.97 Å². The summed E-state index contributed by atoms with van der Waals surface area (Å²) in [5, 5.41) is 12.7. The third-order valence-corrected chi connectivity index (χ3v) is 2.80. The quantitative estimate of drug-likeness (QED) is 0.741. The lowest BCUT2D eigenvalue weighted by molar-refractivity contribution is -0.164. The van der Waals surface area contributed by atoms with Crippen molar-refractivity contribution in [3.05, 3.63) is 35.4 Å². The van der Waals surface area contributed by atoms with E-state index in [1.54, 1.807) is 25.1 Å². The molecule has 2 rings (SSSR count). The van der Waals surface area contributed by atoms with Crippen molar-refractivity contribution in [1.29, 1.82) is 5.26 Å². The van der Waals surface area contributed by atoms with E-state index in [0.29, 0.717) is 17.7 Å². The van der Waals surface area contributed by atoms with E-state index in [-0.39, 0.29) is 0 Å². The van der Waals surface area contributed by atoms with Crippen LogP contribution in [0.25, 0.3) is 0 Å². The Hall–Kier alpha value is -2.35. The van der Waals surface area contributed by atoms with Gasteiger partial charge < -0.3 is 9.57 Å². The Morgan fingerprint density at radius 3 is 3.06 bits per heavy atom. The number of carbonyl (C=O) groups is 1. The number of nitrogens with zero attached hydrogens (tertiary/aromatic N) is 2. The van der Waals surface area contributed by atoms with Crippen LogP contribution < -0.4 is 0 Å². The zero-order chi connectivity index (χ0) is 13.2. The fourth-order valence-electron chi connectivity index (χ4n) is 1.79. The second-order valence-electron chi connectivity index (χ2n) is 4.22. The maximum atomic E-state index is 11.6. The molecule has 1 atom stereocenters. The summed E-state index contributed by atoms with van der Waals surface area (Å²) >= 11 is 0. The molecule has 0 N–H and O–H groups in total. The van der Waals surface area contributed by atoms with Gasteiger partial charge in [-0.2, -0.15) is 5.26 Å². The van der Waals surface area contributed by atoms with Crippen LogP contribution in [0.5, 0.6) is 0 Å². The number of rotatable bonds is 2. The number of ether oxygens (including phenoxy) is 1. The zero-order valence-corrected chi connectivity index (χ0v) is 10.1. The van der Waals surface area contributed by atoms with Crippen LogP contribution in [0, 0.1) is 11.3 Å². The monoisotopic (exact) mass is 244 g/mol. The molecule has 1 aliphatic heterocycles. The summed E-state index contributed by atoms with van der Waals surface area (Å²) < 4.78 is 4.68. The molecule has 92 valence electrons. The van der Waals surface area contributed by atoms with Crippen molar-refractivity contribution in [2.24, 2.45) is 5.16 Å². The Kier molecular flexibility index (Phi) is 3.02. The van der Waals surface area contributed by atoms with Crippen molar-refractivity contribution in [2.75, 3.05) is 7.11 Å². The molecular formula is C13H12N2O3. The molecule has 5 heteroatoms. The molecule has 0 radical (unpaired) electrons. The van der Waals surface area contributed by atoms with Crippen molar-refractivity contribution in [1.82, 2.24) is 0 Å². The summed E-state index contributed by atoms with van der Waals surface area (Å²) in [6.07, 6.45) is 0.328. The normalized spacial score (nSPS) is 21.7. The van der Waals surface area contributed by atoms with Crippen molar-refractivity contribution in [3.63, 3.8) is 0 Å².